The Morgan fingerprint density at radius 1 is 0.464 bits per heavy atom. The summed E-state index contributed by atoms with van der Waals surface area (Å²) in [6.07, 6.45) is 4.65. The molecule has 0 aliphatic rings. The van der Waals surface area contributed by atoms with E-state index in [1.54, 1.807) is 11.1 Å². The number of fused-ring (bicyclic) bond motifs is 7. The predicted octanol–water partition coefficient (Wildman–Crippen LogP) is 8.20. The second-order valence-corrected chi connectivity index (χ2v) is 7.88. The van der Waals surface area contributed by atoms with Crippen LogP contribution in [0, 0.1) is 0 Å². The summed E-state index contributed by atoms with van der Waals surface area (Å²) >= 11 is 0. The standard InChI is InChI=1S/C28H26/c1-3-9-23-24(10-4-2)26-18-16-20-12-6-8-14-22(20)28(26)27-21-13-7-5-11-19(21)15-17-25(23)27/h5-8,11-18H,3-4,9-10H2,1-2H3. The molecule has 5 rings (SSSR count). The largest absolute Gasteiger partial charge is 0.0651 e. The van der Waals surface area contributed by atoms with Gasteiger partial charge < -0.3 is 0 Å². The Labute approximate surface area is 166 Å². The molecule has 0 spiro atoms. The van der Waals surface area contributed by atoms with Crippen molar-refractivity contribution < 1.29 is 0 Å². The summed E-state index contributed by atoms with van der Waals surface area (Å²) in [7, 11) is 0. The van der Waals surface area contributed by atoms with Crippen molar-refractivity contribution in [2.45, 2.75) is 39.5 Å². The third-order valence-electron chi connectivity index (χ3n) is 6.12. The van der Waals surface area contributed by atoms with E-state index in [0.29, 0.717) is 0 Å². The second-order valence-electron chi connectivity index (χ2n) is 7.88. The molecule has 5 aromatic carbocycles. The van der Waals surface area contributed by atoms with Gasteiger partial charge in [0, 0.05) is 0 Å². The van der Waals surface area contributed by atoms with Gasteiger partial charge in [0.05, 0.1) is 0 Å². The average molecular weight is 363 g/mol. The van der Waals surface area contributed by atoms with Crippen LogP contribution in [0.25, 0.3) is 43.1 Å². The van der Waals surface area contributed by atoms with E-state index < -0.39 is 0 Å². The van der Waals surface area contributed by atoms with E-state index >= 15 is 0 Å². The fraction of sp³-hybridized carbons (Fsp3) is 0.214. The Balaban J connectivity index is 2.13. The monoisotopic (exact) mass is 362 g/mol. The van der Waals surface area contributed by atoms with E-state index in [9.17, 15) is 0 Å². The Morgan fingerprint density at radius 3 is 1.32 bits per heavy atom. The fourth-order valence-corrected chi connectivity index (χ4v) is 4.98. The molecule has 0 heteroatoms. The molecule has 28 heavy (non-hydrogen) atoms. The molecule has 0 unspecified atom stereocenters. The normalized spacial score (nSPS) is 11.8. The molecule has 0 bridgehead atoms. The van der Waals surface area contributed by atoms with Gasteiger partial charge in [0.2, 0.25) is 0 Å². The molecular formula is C28H26. The van der Waals surface area contributed by atoms with Crippen LogP contribution in [0.5, 0.6) is 0 Å². The summed E-state index contributed by atoms with van der Waals surface area (Å²) in [5.41, 5.74) is 3.13. The molecule has 0 saturated carbocycles. The molecule has 0 aliphatic carbocycles. The van der Waals surface area contributed by atoms with Crippen molar-refractivity contribution in [3.05, 3.63) is 83.9 Å². The maximum atomic E-state index is 2.38. The zero-order valence-corrected chi connectivity index (χ0v) is 16.8. The van der Waals surface area contributed by atoms with Crippen LogP contribution >= 0.6 is 0 Å². The molecule has 0 amide bonds. The lowest BCUT2D eigenvalue weighted by Crippen LogP contribution is -1.99. The third-order valence-corrected chi connectivity index (χ3v) is 6.12. The Bertz CT molecular complexity index is 1220. The highest BCUT2D eigenvalue weighted by molar-refractivity contribution is 6.28. The molecule has 0 radical (unpaired) electrons. The van der Waals surface area contributed by atoms with Gasteiger partial charge in [-0.25, -0.2) is 0 Å². The summed E-state index contributed by atoms with van der Waals surface area (Å²) in [4.78, 5) is 0. The van der Waals surface area contributed by atoms with Gasteiger partial charge in [-0.15, -0.1) is 0 Å². The molecule has 0 atom stereocenters. The third kappa shape index (κ3) is 2.52. The minimum absolute atomic E-state index is 1.15. The summed E-state index contributed by atoms with van der Waals surface area (Å²) in [6, 6.07) is 27.1. The molecule has 0 aromatic heterocycles. The van der Waals surface area contributed by atoms with Gasteiger partial charge in [0.15, 0.2) is 0 Å². The van der Waals surface area contributed by atoms with Crippen LogP contribution in [0.4, 0.5) is 0 Å². The molecule has 0 fully saturated rings. The molecule has 5 aromatic rings. The van der Waals surface area contributed by atoms with Crippen molar-refractivity contribution in [1.82, 2.24) is 0 Å². The SMILES string of the molecule is CCCc1c(CCC)c2ccc3ccccc3c2c2c1ccc1ccccc12. The minimum Gasteiger partial charge on any atom is -0.0651 e. The van der Waals surface area contributed by atoms with Crippen molar-refractivity contribution in [2.75, 3.05) is 0 Å². The minimum atomic E-state index is 1.15. The summed E-state index contributed by atoms with van der Waals surface area (Å²) in [5.74, 6) is 0. The summed E-state index contributed by atoms with van der Waals surface area (Å²) in [6.45, 7) is 4.60. The number of aryl methyl sites for hydroxylation is 2. The van der Waals surface area contributed by atoms with Gasteiger partial charge in [0.1, 0.15) is 0 Å². The fourth-order valence-electron chi connectivity index (χ4n) is 4.98. The first-order chi connectivity index (χ1) is 13.8. The first-order valence-corrected chi connectivity index (χ1v) is 10.6. The molecule has 0 heterocycles. The van der Waals surface area contributed by atoms with Crippen molar-refractivity contribution in [1.29, 1.82) is 0 Å². The predicted molar refractivity (Wildman–Crippen MR) is 124 cm³/mol. The van der Waals surface area contributed by atoms with Crippen molar-refractivity contribution in [2.24, 2.45) is 0 Å². The van der Waals surface area contributed by atoms with E-state index in [2.05, 4.69) is 86.6 Å². The Hall–Kier alpha value is -2.86. The number of benzene rings is 5. The lowest BCUT2D eigenvalue weighted by atomic mass is 9.84. The van der Waals surface area contributed by atoms with Crippen LogP contribution in [0.1, 0.15) is 37.8 Å². The van der Waals surface area contributed by atoms with Crippen LogP contribution in [0.15, 0.2) is 72.8 Å². The highest BCUT2D eigenvalue weighted by Crippen LogP contribution is 2.41. The van der Waals surface area contributed by atoms with Gasteiger partial charge in [-0.1, -0.05) is 99.5 Å². The Kier molecular flexibility index (Phi) is 4.28. The highest BCUT2D eigenvalue weighted by Gasteiger charge is 2.17. The van der Waals surface area contributed by atoms with E-state index in [0.717, 1.165) is 12.8 Å². The lowest BCUT2D eigenvalue weighted by Gasteiger charge is -2.20. The van der Waals surface area contributed by atoms with Crippen LogP contribution in [-0.4, -0.2) is 0 Å². The van der Waals surface area contributed by atoms with Crippen LogP contribution in [-0.2, 0) is 12.8 Å². The Morgan fingerprint density at radius 2 is 0.893 bits per heavy atom. The van der Waals surface area contributed by atoms with Crippen molar-refractivity contribution in [3.63, 3.8) is 0 Å². The van der Waals surface area contributed by atoms with E-state index in [4.69, 9.17) is 0 Å². The number of rotatable bonds is 4. The molecule has 138 valence electrons. The molecule has 0 N–H and O–H groups in total. The maximum absolute atomic E-state index is 2.38. The number of hydrogen-bond donors (Lipinski definition) is 0. The quantitative estimate of drug-likeness (QED) is 0.283. The van der Waals surface area contributed by atoms with Gasteiger partial charge >= 0.3 is 0 Å². The van der Waals surface area contributed by atoms with Crippen LogP contribution < -0.4 is 0 Å². The number of hydrogen-bond acceptors (Lipinski definition) is 0. The van der Waals surface area contributed by atoms with Gasteiger partial charge in [0.25, 0.3) is 0 Å². The van der Waals surface area contributed by atoms with Crippen LogP contribution in [0.3, 0.4) is 0 Å². The van der Waals surface area contributed by atoms with E-state index in [1.807, 2.05) is 0 Å². The lowest BCUT2D eigenvalue weighted by molar-refractivity contribution is 0.874. The first-order valence-electron chi connectivity index (χ1n) is 10.6. The van der Waals surface area contributed by atoms with E-state index in [-0.39, 0.29) is 0 Å². The molecule has 0 nitrogen and oxygen atoms in total. The first kappa shape index (κ1) is 17.3. The van der Waals surface area contributed by atoms with Crippen LogP contribution in [0.2, 0.25) is 0 Å². The summed E-state index contributed by atoms with van der Waals surface area (Å²) < 4.78 is 0. The smallest absolute Gasteiger partial charge is 0.00176 e. The molecule has 0 aliphatic heterocycles. The zero-order valence-electron chi connectivity index (χ0n) is 16.8. The average Bonchev–Trinajstić information content (AvgIpc) is 2.75. The van der Waals surface area contributed by atoms with Gasteiger partial charge in [-0.2, -0.15) is 0 Å². The topological polar surface area (TPSA) is 0 Å². The molecular weight excluding hydrogens is 336 g/mol. The highest BCUT2D eigenvalue weighted by atomic mass is 14.2. The second kappa shape index (κ2) is 6.95. The van der Waals surface area contributed by atoms with Crippen molar-refractivity contribution >= 4 is 43.1 Å². The zero-order chi connectivity index (χ0) is 19.1. The van der Waals surface area contributed by atoms with Gasteiger partial charge in [-0.05, 0) is 67.1 Å². The van der Waals surface area contributed by atoms with E-state index in [1.165, 1.54) is 55.9 Å². The van der Waals surface area contributed by atoms with Gasteiger partial charge in [-0.3, -0.25) is 0 Å². The molecule has 0 saturated heterocycles. The summed E-state index contributed by atoms with van der Waals surface area (Å²) in [5, 5.41) is 11.2. The maximum Gasteiger partial charge on any atom is -0.00176 e. The van der Waals surface area contributed by atoms with Crippen molar-refractivity contribution in [3.8, 4) is 0 Å².